The van der Waals surface area contributed by atoms with E-state index in [0.29, 0.717) is 10.8 Å². The molecule has 1 aliphatic rings. The standard InChI is InChI=1S/C15H25NS/c1-14(2,3)13-7-6-12(17-13)10-16-11-15(4)8-5-9-15/h6-7,16H,5,8-11H2,1-4H3. The van der Waals surface area contributed by atoms with Crippen LogP contribution in [0.3, 0.4) is 0 Å². The highest BCUT2D eigenvalue weighted by Gasteiger charge is 2.30. The van der Waals surface area contributed by atoms with Crippen molar-refractivity contribution in [2.24, 2.45) is 5.41 Å². The molecule has 0 unspecified atom stereocenters. The molecule has 0 aromatic carbocycles. The molecular weight excluding hydrogens is 226 g/mol. The maximum atomic E-state index is 3.62. The van der Waals surface area contributed by atoms with Gasteiger partial charge in [0.05, 0.1) is 0 Å². The second-order valence-electron chi connectivity index (χ2n) is 6.78. The van der Waals surface area contributed by atoms with Crippen LogP contribution in [0.1, 0.15) is 56.7 Å². The van der Waals surface area contributed by atoms with Crippen LogP contribution in [0, 0.1) is 5.41 Å². The zero-order valence-electron chi connectivity index (χ0n) is 11.6. The Morgan fingerprint density at radius 1 is 1.29 bits per heavy atom. The van der Waals surface area contributed by atoms with Gasteiger partial charge in [-0.15, -0.1) is 11.3 Å². The minimum atomic E-state index is 0.295. The lowest BCUT2D eigenvalue weighted by atomic mass is 9.70. The Bertz CT molecular complexity index is 369. The van der Waals surface area contributed by atoms with Crippen LogP contribution >= 0.6 is 11.3 Å². The van der Waals surface area contributed by atoms with E-state index in [9.17, 15) is 0 Å². The van der Waals surface area contributed by atoms with Crippen LogP contribution in [0.4, 0.5) is 0 Å². The molecule has 0 aliphatic heterocycles. The van der Waals surface area contributed by atoms with Crippen LogP contribution in [-0.2, 0) is 12.0 Å². The van der Waals surface area contributed by atoms with E-state index >= 15 is 0 Å². The average molecular weight is 251 g/mol. The van der Waals surface area contributed by atoms with Crippen molar-refractivity contribution in [3.63, 3.8) is 0 Å². The van der Waals surface area contributed by atoms with Crippen LogP contribution in [0.25, 0.3) is 0 Å². The van der Waals surface area contributed by atoms with Gasteiger partial charge in [0.2, 0.25) is 0 Å². The Balaban J connectivity index is 1.81. The number of hydrogen-bond acceptors (Lipinski definition) is 2. The van der Waals surface area contributed by atoms with Gasteiger partial charge in [-0.25, -0.2) is 0 Å². The van der Waals surface area contributed by atoms with Crippen LogP contribution in [0.2, 0.25) is 0 Å². The third-order valence-corrected chi connectivity index (χ3v) is 5.32. The van der Waals surface area contributed by atoms with Crippen molar-refractivity contribution < 1.29 is 0 Å². The van der Waals surface area contributed by atoms with Crippen molar-refractivity contribution >= 4 is 11.3 Å². The second-order valence-corrected chi connectivity index (χ2v) is 7.95. The highest BCUT2D eigenvalue weighted by atomic mass is 32.1. The number of rotatable bonds is 4. The van der Waals surface area contributed by atoms with Gasteiger partial charge in [0.1, 0.15) is 0 Å². The average Bonchev–Trinajstić information content (AvgIpc) is 2.63. The van der Waals surface area contributed by atoms with Gasteiger partial charge in [-0.1, -0.05) is 34.1 Å². The summed E-state index contributed by atoms with van der Waals surface area (Å²) in [4.78, 5) is 2.96. The molecule has 1 saturated carbocycles. The highest BCUT2D eigenvalue weighted by molar-refractivity contribution is 7.12. The van der Waals surface area contributed by atoms with Gasteiger partial charge in [-0.05, 0) is 35.8 Å². The molecule has 0 amide bonds. The van der Waals surface area contributed by atoms with Crippen molar-refractivity contribution in [2.45, 2.75) is 58.9 Å². The van der Waals surface area contributed by atoms with Gasteiger partial charge < -0.3 is 5.32 Å². The van der Waals surface area contributed by atoms with Gasteiger partial charge in [0.15, 0.2) is 0 Å². The van der Waals surface area contributed by atoms with E-state index < -0.39 is 0 Å². The molecule has 17 heavy (non-hydrogen) atoms. The summed E-state index contributed by atoms with van der Waals surface area (Å²) in [5.41, 5.74) is 0.882. The fraction of sp³-hybridized carbons (Fsp3) is 0.733. The van der Waals surface area contributed by atoms with Crippen LogP contribution in [0.5, 0.6) is 0 Å². The molecule has 2 heteroatoms. The monoisotopic (exact) mass is 251 g/mol. The molecule has 1 nitrogen and oxygen atoms in total. The molecule has 1 aliphatic carbocycles. The van der Waals surface area contributed by atoms with Crippen molar-refractivity contribution in [1.29, 1.82) is 0 Å². The summed E-state index contributed by atoms with van der Waals surface area (Å²) in [6.07, 6.45) is 4.22. The van der Waals surface area contributed by atoms with Gasteiger partial charge >= 0.3 is 0 Å². The van der Waals surface area contributed by atoms with Crippen molar-refractivity contribution in [3.05, 3.63) is 21.9 Å². The van der Waals surface area contributed by atoms with Gasteiger partial charge in [-0.3, -0.25) is 0 Å². The summed E-state index contributed by atoms with van der Waals surface area (Å²) in [6, 6.07) is 4.56. The molecule has 0 radical (unpaired) electrons. The van der Waals surface area contributed by atoms with Crippen LogP contribution in [-0.4, -0.2) is 6.54 Å². The summed E-state index contributed by atoms with van der Waals surface area (Å²) < 4.78 is 0. The van der Waals surface area contributed by atoms with Crippen LogP contribution in [0.15, 0.2) is 12.1 Å². The first-order valence-electron chi connectivity index (χ1n) is 6.69. The van der Waals surface area contributed by atoms with E-state index in [1.807, 2.05) is 11.3 Å². The summed E-state index contributed by atoms with van der Waals surface area (Å²) in [5.74, 6) is 0. The molecule has 1 heterocycles. The van der Waals surface area contributed by atoms with E-state index in [4.69, 9.17) is 0 Å². The van der Waals surface area contributed by atoms with Crippen molar-refractivity contribution in [3.8, 4) is 0 Å². The molecule has 0 bridgehead atoms. The molecule has 2 rings (SSSR count). The molecular formula is C15H25NS. The number of hydrogen-bond donors (Lipinski definition) is 1. The minimum Gasteiger partial charge on any atom is -0.311 e. The molecule has 0 spiro atoms. The van der Waals surface area contributed by atoms with Gasteiger partial charge in [-0.2, -0.15) is 0 Å². The highest BCUT2D eigenvalue weighted by Crippen LogP contribution is 2.39. The zero-order valence-corrected chi connectivity index (χ0v) is 12.4. The topological polar surface area (TPSA) is 12.0 Å². The Hall–Kier alpha value is -0.340. The Labute approximate surface area is 110 Å². The van der Waals surface area contributed by atoms with E-state index in [0.717, 1.165) is 6.54 Å². The molecule has 1 aromatic heterocycles. The number of thiophene rings is 1. The van der Waals surface area contributed by atoms with E-state index in [1.165, 1.54) is 35.6 Å². The van der Waals surface area contributed by atoms with Gasteiger partial charge in [0.25, 0.3) is 0 Å². The fourth-order valence-electron chi connectivity index (χ4n) is 2.32. The lowest BCUT2D eigenvalue weighted by molar-refractivity contribution is 0.156. The first-order chi connectivity index (χ1) is 7.89. The van der Waals surface area contributed by atoms with E-state index in [-0.39, 0.29) is 0 Å². The van der Waals surface area contributed by atoms with Crippen molar-refractivity contribution in [1.82, 2.24) is 5.32 Å². The van der Waals surface area contributed by atoms with Crippen molar-refractivity contribution in [2.75, 3.05) is 6.54 Å². The molecule has 0 atom stereocenters. The molecule has 1 N–H and O–H groups in total. The smallest absolute Gasteiger partial charge is 0.0300 e. The fourth-order valence-corrected chi connectivity index (χ4v) is 3.36. The minimum absolute atomic E-state index is 0.295. The van der Waals surface area contributed by atoms with E-state index in [2.05, 4.69) is 45.1 Å². The second kappa shape index (κ2) is 4.74. The van der Waals surface area contributed by atoms with E-state index in [1.54, 1.807) is 0 Å². The normalized spacial score (nSPS) is 19.1. The third kappa shape index (κ3) is 3.32. The zero-order chi connectivity index (χ0) is 12.5. The third-order valence-electron chi connectivity index (χ3n) is 3.81. The Morgan fingerprint density at radius 3 is 2.47 bits per heavy atom. The van der Waals surface area contributed by atoms with Crippen LogP contribution < -0.4 is 5.32 Å². The SMILES string of the molecule is CC1(CNCc2ccc(C(C)(C)C)s2)CCC1. The molecule has 1 aromatic rings. The predicted octanol–water partition coefficient (Wildman–Crippen LogP) is 4.33. The first-order valence-corrected chi connectivity index (χ1v) is 7.51. The summed E-state index contributed by atoms with van der Waals surface area (Å²) in [7, 11) is 0. The predicted molar refractivity (Wildman–Crippen MR) is 76.7 cm³/mol. The summed E-state index contributed by atoms with van der Waals surface area (Å²) in [6.45, 7) is 11.5. The summed E-state index contributed by atoms with van der Waals surface area (Å²) >= 11 is 1.95. The maximum Gasteiger partial charge on any atom is 0.0300 e. The number of nitrogens with one attached hydrogen (secondary N) is 1. The lowest BCUT2D eigenvalue weighted by Gasteiger charge is -2.38. The Morgan fingerprint density at radius 2 is 2.00 bits per heavy atom. The molecule has 0 saturated heterocycles. The summed E-state index contributed by atoms with van der Waals surface area (Å²) in [5, 5.41) is 3.62. The molecule has 1 fully saturated rings. The Kier molecular flexibility index (Phi) is 3.65. The first kappa shape index (κ1) is 13.1. The largest absolute Gasteiger partial charge is 0.311 e. The lowest BCUT2D eigenvalue weighted by Crippen LogP contribution is -2.36. The molecule has 96 valence electrons. The maximum absolute atomic E-state index is 3.62. The quantitative estimate of drug-likeness (QED) is 0.840. The van der Waals surface area contributed by atoms with Gasteiger partial charge in [0, 0.05) is 22.8 Å².